The summed E-state index contributed by atoms with van der Waals surface area (Å²) in [6.07, 6.45) is 4.40. The van der Waals surface area contributed by atoms with Gasteiger partial charge in [-0.2, -0.15) is 0 Å². The molecule has 3 atom stereocenters. The minimum atomic E-state index is -1.02. The number of nitrogens with two attached hydrogens (primary N) is 1. The van der Waals surface area contributed by atoms with Gasteiger partial charge < -0.3 is 24.7 Å². The number of unbranched alkanes of at least 4 members (excludes halogenated alkanes) is 4. The molecule has 0 aliphatic carbocycles. The Hall–Kier alpha value is -2.94. The summed E-state index contributed by atoms with van der Waals surface area (Å²) in [5.74, 6) is -1.65. The van der Waals surface area contributed by atoms with Crippen LogP contribution in [0.3, 0.4) is 0 Å². The van der Waals surface area contributed by atoms with E-state index >= 15 is 0 Å². The van der Waals surface area contributed by atoms with Crippen LogP contribution in [0.2, 0.25) is 0 Å². The van der Waals surface area contributed by atoms with Crippen molar-refractivity contribution in [2.75, 3.05) is 0 Å². The highest BCUT2D eigenvalue weighted by atomic mass is 16.6. The number of hydrogen-bond donors (Lipinski definition) is 1. The van der Waals surface area contributed by atoms with E-state index in [9.17, 15) is 19.2 Å². The molecular weight excluding hydrogens is 502 g/mol. The van der Waals surface area contributed by atoms with E-state index in [0.29, 0.717) is 18.4 Å². The van der Waals surface area contributed by atoms with E-state index in [1.807, 2.05) is 13.8 Å². The van der Waals surface area contributed by atoms with Gasteiger partial charge in [-0.25, -0.2) is 0 Å². The normalized spacial score (nSPS) is 13.6. The van der Waals surface area contributed by atoms with Crippen LogP contribution in [0.4, 0.5) is 0 Å². The Morgan fingerprint density at radius 1 is 0.795 bits per heavy atom. The van der Waals surface area contributed by atoms with Crippen molar-refractivity contribution in [3.63, 3.8) is 0 Å². The highest BCUT2D eigenvalue weighted by Crippen LogP contribution is 2.30. The first-order valence-electron chi connectivity index (χ1n) is 14.0. The third kappa shape index (κ3) is 13.1. The van der Waals surface area contributed by atoms with Crippen LogP contribution in [0, 0.1) is 5.41 Å². The van der Waals surface area contributed by atoms with Crippen LogP contribution < -0.4 is 15.2 Å². The van der Waals surface area contributed by atoms with E-state index in [1.54, 1.807) is 46.8 Å². The Labute approximate surface area is 233 Å². The zero-order chi connectivity index (χ0) is 29.6. The number of benzene rings is 1. The molecule has 0 aliphatic heterocycles. The second kappa shape index (κ2) is 16.9. The summed E-state index contributed by atoms with van der Waals surface area (Å²) in [4.78, 5) is 49.5. The zero-order valence-corrected chi connectivity index (χ0v) is 24.7. The predicted molar refractivity (Wildman–Crippen MR) is 148 cm³/mol. The molecule has 1 rings (SSSR count). The Morgan fingerprint density at radius 3 is 1.82 bits per heavy atom. The van der Waals surface area contributed by atoms with Crippen LogP contribution in [-0.4, -0.2) is 42.1 Å². The smallest absolute Gasteiger partial charge is 0.323 e. The van der Waals surface area contributed by atoms with Gasteiger partial charge in [0.05, 0.1) is 5.41 Å². The Kier molecular flexibility index (Phi) is 14.8. The largest absolute Gasteiger partial charge is 0.458 e. The topological polar surface area (TPSA) is 131 Å². The summed E-state index contributed by atoms with van der Waals surface area (Å²) in [5.41, 5.74) is 6.03. The van der Waals surface area contributed by atoms with E-state index in [-0.39, 0.29) is 30.8 Å². The molecule has 0 aromatic heterocycles. The lowest BCUT2D eigenvalue weighted by Crippen LogP contribution is -2.40. The van der Waals surface area contributed by atoms with Gasteiger partial charge in [0.1, 0.15) is 18.2 Å². The maximum Gasteiger partial charge on any atom is 0.323 e. The van der Waals surface area contributed by atoms with Crippen molar-refractivity contribution >= 4 is 23.9 Å². The molecule has 0 heterocycles. The SMILES string of the molecule is CCCCCC(=O)Oc1ccc(C[C@H](N)C(=O)O[C@@H](C)[C@H](C)OC(=O)C(C)(C)C)cc1OC(=O)CCCCC. The quantitative estimate of drug-likeness (QED) is 0.163. The second-order valence-corrected chi connectivity index (χ2v) is 11.0. The first kappa shape index (κ1) is 34.1. The van der Waals surface area contributed by atoms with Crippen molar-refractivity contribution in [1.29, 1.82) is 0 Å². The number of hydrogen-bond acceptors (Lipinski definition) is 9. The van der Waals surface area contributed by atoms with Gasteiger partial charge in [0.2, 0.25) is 0 Å². The first-order chi connectivity index (χ1) is 18.3. The highest BCUT2D eigenvalue weighted by Gasteiger charge is 2.29. The molecule has 1 aromatic rings. The van der Waals surface area contributed by atoms with Gasteiger partial charge in [0.15, 0.2) is 11.5 Å². The second-order valence-electron chi connectivity index (χ2n) is 11.0. The molecule has 0 spiro atoms. The molecule has 0 saturated heterocycles. The van der Waals surface area contributed by atoms with Gasteiger partial charge in [-0.1, -0.05) is 45.6 Å². The summed E-state index contributed by atoms with van der Waals surface area (Å²) in [5, 5.41) is 0. The molecule has 0 fully saturated rings. The molecule has 0 aliphatic rings. The fourth-order valence-electron chi connectivity index (χ4n) is 3.37. The van der Waals surface area contributed by atoms with Crippen LogP contribution in [0.25, 0.3) is 0 Å². The number of carbonyl (C=O) groups is 4. The van der Waals surface area contributed by atoms with Crippen LogP contribution in [0.5, 0.6) is 11.5 Å². The van der Waals surface area contributed by atoms with Gasteiger partial charge >= 0.3 is 23.9 Å². The lowest BCUT2D eigenvalue weighted by molar-refractivity contribution is -0.171. The minimum Gasteiger partial charge on any atom is -0.458 e. The van der Waals surface area contributed by atoms with Gasteiger partial charge in [-0.15, -0.1) is 0 Å². The summed E-state index contributed by atoms with van der Waals surface area (Å²) >= 11 is 0. The Morgan fingerprint density at radius 2 is 1.31 bits per heavy atom. The molecule has 9 heteroatoms. The third-order valence-corrected chi connectivity index (χ3v) is 6.05. The molecule has 0 amide bonds. The van der Waals surface area contributed by atoms with E-state index < -0.39 is 47.5 Å². The van der Waals surface area contributed by atoms with E-state index in [1.165, 1.54) is 6.07 Å². The van der Waals surface area contributed by atoms with Gasteiger partial charge in [0, 0.05) is 12.8 Å². The Bertz CT molecular complexity index is 953. The van der Waals surface area contributed by atoms with Gasteiger partial charge in [-0.3, -0.25) is 19.2 Å². The molecule has 1 aromatic carbocycles. The van der Waals surface area contributed by atoms with Crippen molar-refractivity contribution in [2.24, 2.45) is 11.1 Å². The Balaban J connectivity index is 2.91. The van der Waals surface area contributed by atoms with Crippen molar-refractivity contribution in [3.05, 3.63) is 23.8 Å². The summed E-state index contributed by atoms with van der Waals surface area (Å²) in [6, 6.07) is 3.73. The minimum absolute atomic E-state index is 0.0901. The summed E-state index contributed by atoms with van der Waals surface area (Å²) in [7, 11) is 0. The lowest BCUT2D eigenvalue weighted by atomic mass is 9.97. The molecule has 220 valence electrons. The fourth-order valence-corrected chi connectivity index (χ4v) is 3.37. The molecule has 0 saturated carbocycles. The maximum absolute atomic E-state index is 12.6. The number of rotatable bonds is 16. The van der Waals surface area contributed by atoms with Crippen molar-refractivity contribution in [2.45, 2.75) is 125 Å². The molecule has 0 unspecified atom stereocenters. The molecule has 2 N–H and O–H groups in total. The first-order valence-corrected chi connectivity index (χ1v) is 14.0. The monoisotopic (exact) mass is 549 g/mol. The van der Waals surface area contributed by atoms with Crippen molar-refractivity contribution in [1.82, 2.24) is 0 Å². The average Bonchev–Trinajstić information content (AvgIpc) is 2.85. The van der Waals surface area contributed by atoms with Crippen LogP contribution in [-0.2, 0) is 35.1 Å². The number of esters is 4. The van der Waals surface area contributed by atoms with Crippen molar-refractivity contribution < 1.29 is 38.1 Å². The standard InChI is InChI=1S/C30H47NO8/c1-8-10-12-14-26(32)38-24-17-16-22(19-25(24)39-27(33)15-13-11-9-2)18-23(31)28(34)36-20(3)21(4)37-29(35)30(5,6)7/h16-17,19-21,23H,8-15,18,31H2,1-7H3/t20-,21-,23-/m0/s1. The van der Waals surface area contributed by atoms with Gasteiger partial charge in [0.25, 0.3) is 0 Å². The molecule has 0 bridgehead atoms. The maximum atomic E-state index is 12.6. The molecule has 0 radical (unpaired) electrons. The van der Waals surface area contributed by atoms with E-state index in [4.69, 9.17) is 24.7 Å². The molecule has 9 nitrogen and oxygen atoms in total. The van der Waals surface area contributed by atoms with Crippen LogP contribution >= 0.6 is 0 Å². The highest BCUT2D eigenvalue weighted by molar-refractivity contribution is 5.78. The summed E-state index contributed by atoms with van der Waals surface area (Å²) < 4.78 is 21.8. The average molecular weight is 550 g/mol. The third-order valence-electron chi connectivity index (χ3n) is 6.05. The van der Waals surface area contributed by atoms with E-state index in [2.05, 4.69) is 0 Å². The van der Waals surface area contributed by atoms with Crippen LogP contribution in [0.15, 0.2) is 18.2 Å². The van der Waals surface area contributed by atoms with Crippen molar-refractivity contribution in [3.8, 4) is 11.5 Å². The predicted octanol–water partition coefficient (Wildman–Crippen LogP) is 5.44. The number of ether oxygens (including phenoxy) is 4. The summed E-state index contributed by atoms with van der Waals surface area (Å²) in [6.45, 7) is 12.6. The zero-order valence-electron chi connectivity index (χ0n) is 24.7. The fraction of sp³-hybridized carbons (Fsp3) is 0.667. The number of carbonyl (C=O) groups excluding carboxylic acids is 4. The lowest BCUT2D eigenvalue weighted by Gasteiger charge is -2.25. The van der Waals surface area contributed by atoms with Crippen LogP contribution in [0.1, 0.15) is 105 Å². The molecular formula is C30H47NO8. The molecule has 39 heavy (non-hydrogen) atoms. The van der Waals surface area contributed by atoms with E-state index in [0.717, 1.165) is 25.7 Å². The van der Waals surface area contributed by atoms with Gasteiger partial charge in [-0.05, 0) is 71.6 Å².